The van der Waals surface area contributed by atoms with Gasteiger partial charge in [0.1, 0.15) is 5.82 Å². The average molecular weight is 382 g/mol. The molecule has 2 aliphatic heterocycles. The van der Waals surface area contributed by atoms with Crippen molar-refractivity contribution in [3.05, 3.63) is 46.9 Å². The van der Waals surface area contributed by atoms with Gasteiger partial charge in [-0.15, -0.1) is 0 Å². The molecular formula is C17H19FN2O5S. The van der Waals surface area contributed by atoms with Gasteiger partial charge in [0, 0.05) is 5.70 Å². The number of benzene rings is 1. The number of esters is 1. The van der Waals surface area contributed by atoms with E-state index in [-0.39, 0.29) is 17.1 Å². The molecule has 7 nitrogen and oxygen atoms in total. The van der Waals surface area contributed by atoms with E-state index in [0.717, 1.165) is 0 Å². The monoisotopic (exact) mass is 382 g/mol. The number of hydrogen-bond acceptors (Lipinski definition) is 5. The van der Waals surface area contributed by atoms with Crippen LogP contribution < -0.4 is 5.32 Å². The Balaban J connectivity index is 2.05. The molecular weight excluding hydrogens is 363 g/mol. The van der Waals surface area contributed by atoms with Gasteiger partial charge in [-0.2, -0.15) is 0 Å². The summed E-state index contributed by atoms with van der Waals surface area (Å²) in [4.78, 5) is 26.4. The summed E-state index contributed by atoms with van der Waals surface area (Å²) in [6, 6.07) is 3.60. The molecule has 1 aromatic carbocycles. The largest absolute Gasteiger partial charge is 0.466 e. The van der Waals surface area contributed by atoms with Crippen LogP contribution in [0.1, 0.15) is 24.9 Å². The molecule has 2 heterocycles. The van der Waals surface area contributed by atoms with E-state index in [0.29, 0.717) is 17.7 Å². The first-order chi connectivity index (χ1) is 12.2. The van der Waals surface area contributed by atoms with Crippen LogP contribution in [-0.2, 0) is 19.4 Å². The number of methoxy groups -OCH3 is 1. The Morgan fingerprint density at radius 1 is 1.31 bits per heavy atom. The smallest absolute Gasteiger partial charge is 0.337 e. The molecule has 0 unspecified atom stereocenters. The van der Waals surface area contributed by atoms with Crippen molar-refractivity contribution >= 4 is 21.8 Å². The van der Waals surface area contributed by atoms with Crippen molar-refractivity contribution in [2.45, 2.75) is 25.4 Å². The van der Waals surface area contributed by atoms with E-state index in [1.165, 1.54) is 36.3 Å². The van der Waals surface area contributed by atoms with E-state index in [2.05, 4.69) is 5.32 Å². The average Bonchev–Trinajstić information content (AvgIpc) is 2.94. The van der Waals surface area contributed by atoms with E-state index in [1.807, 2.05) is 0 Å². The van der Waals surface area contributed by atoms with Crippen LogP contribution in [0.2, 0.25) is 0 Å². The maximum Gasteiger partial charge on any atom is 0.337 e. The summed E-state index contributed by atoms with van der Waals surface area (Å²) in [5, 5.41) is 2.71. The highest BCUT2D eigenvalue weighted by Gasteiger charge is 2.42. The Bertz CT molecular complexity index is 879. The van der Waals surface area contributed by atoms with Crippen molar-refractivity contribution in [1.82, 2.24) is 10.2 Å². The van der Waals surface area contributed by atoms with E-state index >= 15 is 0 Å². The molecule has 2 amide bonds. The summed E-state index contributed by atoms with van der Waals surface area (Å²) < 4.78 is 41.6. The van der Waals surface area contributed by atoms with Gasteiger partial charge in [-0.3, -0.25) is 4.90 Å². The van der Waals surface area contributed by atoms with E-state index in [9.17, 15) is 22.4 Å². The standard InChI is InChI=1S/C17H19FN2O5S/c1-10-14(16(21)25-2)15(11-3-5-12(18)6-4-11)19-17(22)20(10)13-7-8-26(23,24)9-13/h3-6,13,15H,7-9H2,1-2H3,(H,19,22)/t13-,15+/m1/s1. The summed E-state index contributed by atoms with van der Waals surface area (Å²) in [7, 11) is -1.98. The molecule has 0 spiro atoms. The minimum absolute atomic E-state index is 0.00365. The fourth-order valence-electron chi connectivity index (χ4n) is 3.46. The summed E-state index contributed by atoms with van der Waals surface area (Å²) in [6.07, 6.45) is 0.308. The number of rotatable bonds is 3. The van der Waals surface area contributed by atoms with Gasteiger partial charge in [0.25, 0.3) is 0 Å². The highest BCUT2D eigenvalue weighted by Crippen LogP contribution is 2.34. The Morgan fingerprint density at radius 3 is 2.50 bits per heavy atom. The minimum atomic E-state index is -3.21. The summed E-state index contributed by atoms with van der Waals surface area (Å²) in [6.45, 7) is 1.59. The lowest BCUT2D eigenvalue weighted by Gasteiger charge is -2.38. The zero-order valence-corrected chi connectivity index (χ0v) is 15.2. The fraction of sp³-hybridized carbons (Fsp3) is 0.412. The highest BCUT2D eigenvalue weighted by atomic mass is 32.2. The van der Waals surface area contributed by atoms with Crippen LogP contribution in [0, 0.1) is 5.82 Å². The maximum absolute atomic E-state index is 13.2. The third-order valence-corrected chi connectivity index (χ3v) is 6.46. The van der Waals surface area contributed by atoms with Gasteiger partial charge in [-0.05, 0) is 31.0 Å². The fourth-order valence-corrected chi connectivity index (χ4v) is 5.16. The van der Waals surface area contributed by atoms with Gasteiger partial charge in [-0.25, -0.2) is 22.4 Å². The van der Waals surface area contributed by atoms with Crippen molar-refractivity contribution in [2.75, 3.05) is 18.6 Å². The predicted molar refractivity (Wildman–Crippen MR) is 91.3 cm³/mol. The molecule has 0 aromatic heterocycles. The summed E-state index contributed by atoms with van der Waals surface area (Å²) >= 11 is 0. The van der Waals surface area contributed by atoms with Crippen molar-refractivity contribution < 1.29 is 27.1 Å². The zero-order chi connectivity index (χ0) is 19.1. The molecule has 1 N–H and O–H groups in total. The number of allylic oxidation sites excluding steroid dienone is 1. The Morgan fingerprint density at radius 2 is 1.96 bits per heavy atom. The lowest BCUT2D eigenvalue weighted by Crippen LogP contribution is -2.52. The molecule has 0 saturated carbocycles. The van der Waals surface area contributed by atoms with Crippen molar-refractivity contribution in [3.8, 4) is 0 Å². The zero-order valence-electron chi connectivity index (χ0n) is 14.4. The molecule has 0 radical (unpaired) electrons. The number of amides is 2. The molecule has 1 fully saturated rings. The van der Waals surface area contributed by atoms with Crippen LogP contribution in [-0.4, -0.2) is 50.0 Å². The van der Waals surface area contributed by atoms with Gasteiger partial charge in [0.05, 0.1) is 36.3 Å². The predicted octanol–water partition coefficient (Wildman–Crippen LogP) is 1.53. The van der Waals surface area contributed by atoms with Crippen LogP contribution in [0.15, 0.2) is 35.5 Å². The Kier molecular flexibility index (Phi) is 4.74. The van der Waals surface area contributed by atoms with Crippen LogP contribution >= 0.6 is 0 Å². The van der Waals surface area contributed by atoms with Gasteiger partial charge in [-0.1, -0.05) is 12.1 Å². The van der Waals surface area contributed by atoms with Gasteiger partial charge in [0.2, 0.25) is 0 Å². The number of halogens is 1. The molecule has 0 aliphatic carbocycles. The molecule has 0 bridgehead atoms. The van der Waals surface area contributed by atoms with Gasteiger partial charge < -0.3 is 10.1 Å². The van der Waals surface area contributed by atoms with E-state index < -0.39 is 39.7 Å². The third-order valence-electron chi connectivity index (χ3n) is 4.71. The lowest BCUT2D eigenvalue weighted by molar-refractivity contribution is -0.136. The maximum atomic E-state index is 13.2. The third kappa shape index (κ3) is 3.31. The molecule has 2 atom stereocenters. The van der Waals surface area contributed by atoms with Crippen LogP contribution in [0.4, 0.5) is 9.18 Å². The quantitative estimate of drug-likeness (QED) is 0.801. The number of carbonyl (C=O) groups excluding carboxylic acids is 2. The van der Waals surface area contributed by atoms with E-state index in [1.54, 1.807) is 6.92 Å². The number of urea groups is 1. The van der Waals surface area contributed by atoms with Crippen LogP contribution in [0.5, 0.6) is 0 Å². The molecule has 9 heteroatoms. The van der Waals surface area contributed by atoms with Crippen LogP contribution in [0.25, 0.3) is 0 Å². The number of carbonyl (C=O) groups is 2. The Labute approximate surface area is 150 Å². The summed E-state index contributed by atoms with van der Waals surface area (Å²) in [5.41, 5.74) is 1.07. The number of hydrogen-bond donors (Lipinski definition) is 1. The second-order valence-electron chi connectivity index (χ2n) is 6.35. The van der Waals surface area contributed by atoms with Gasteiger partial charge >= 0.3 is 12.0 Å². The van der Waals surface area contributed by atoms with E-state index in [4.69, 9.17) is 4.74 Å². The number of nitrogens with one attached hydrogen (secondary N) is 1. The number of nitrogens with zero attached hydrogens (tertiary/aromatic N) is 1. The molecule has 140 valence electrons. The molecule has 26 heavy (non-hydrogen) atoms. The number of sulfone groups is 1. The van der Waals surface area contributed by atoms with Crippen molar-refractivity contribution in [1.29, 1.82) is 0 Å². The van der Waals surface area contributed by atoms with Crippen molar-refractivity contribution in [3.63, 3.8) is 0 Å². The second-order valence-corrected chi connectivity index (χ2v) is 8.58. The number of ether oxygens (including phenoxy) is 1. The molecule has 3 rings (SSSR count). The molecule has 1 aromatic rings. The SMILES string of the molecule is COC(=O)C1=C(C)N([C@@H]2CCS(=O)(=O)C2)C(=O)N[C@H]1c1ccc(F)cc1. The van der Waals surface area contributed by atoms with Crippen LogP contribution in [0.3, 0.4) is 0 Å². The summed E-state index contributed by atoms with van der Waals surface area (Å²) in [5.74, 6) is -1.21. The first-order valence-electron chi connectivity index (χ1n) is 8.08. The first-order valence-corrected chi connectivity index (χ1v) is 9.90. The lowest BCUT2D eigenvalue weighted by atomic mass is 9.94. The minimum Gasteiger partial charge on any atom is -0.466 e. The second kappa shape index (κ2) is 6.71. The van der Waals surface area contributed by atoms with Crippen molar-refractivity contribution in [2.24, 2.45) is 0 Å². The first kappa shape index (κ1) is 18.4. The molecule has 1 saturated heterocycles. The normalized spacial score (nSPS) is 25.2. The van der Waals surface area contributed by atoms with Gasteiger partial charge in [0.15, 0.2) is 9.84 Å². The molecule has 2 aliphatic rings. The Hall–Kier alpha value is -2.42. The highest BCUT2D eigenvalue weighted by molar-refractivity contribution is 7.91. The topological polar surface area (TPSA) is 92.8 Å².